The van der Waals surface area contributed by atoms with Crippen LogP contribution < -0.4 is 21.0 Å². The molecule has 2 aliphatic rings. The Labute approximate surface area is 272 Å². The SMILES string of the molecule is COC(=O)c1cc(C(=O)OC)cc(N2C(=O)CC(N3CCN(c4nc5c(c(=O)n(C)c(=O)n5C)n4Cc4ccc(F)cc4)CC3)C2=O)c1. The van der Waals surface area contributed by atoms with E-state index in [0.29, 0.717) is 37.7 Å². The Kier molecular flexibility index (Phi) is 8.43. The van der Waals surface area contributed by atoms with Gasteiger partial charge in [-0.15, -0.1) is 0 Å². The van der Waals surface area contributed by atoms with E-state index in [9.17, 15) is 33.2 Å². The Bertz CT molecular complexity index is 2060. The second-order valence-electron chi connectivity index (χ2n) is 11.6. The molecule has 15 nitrogen and oxygen atoms in total. The van der Waals surface area contributed by atoms with Crippen LogP contribution in [-0.2, 0) is 39.7 Å². The van der Waals surface area contributed by atoms with Crippen LogP contribution in [0.15, 0.2) is 52.1 Å². The van der Waals surface area contributed by atoms with Crippen molar-refractivity contribution in [3.8, 4) is 0 Å². The Morgan fingerprint density at radius 3 is 2.06 bits per heavy atom. The maximum absolute atomic E-state index is 13.7. The minimum Gasteiger partial charge on any atom is -0.465 e. The highest BCUT2D eigenvalue weighted by molar-refractivity contribution is 6.23. The molecule has 0 spiro atoms. The molecule has 2 aromatic carbocycles. The maximum Gasteiger partial charge on any atom is 0.337 e. The zero-order valence-corrected chi connectivity index (χ0v) is 26.6. The number of anilines is 2. The van der Waals surface area contributed by atoms with Crippen molar-refractivity contribution in [2.45, 2.75) is 19.0 Å². The molecule has 2 amide bonds. The predicted molar refractivity (Wildman–Crippen MR) is 170 cm³/mol. The number of rotatable bonds is 7. The molecule has 2 saturated heterocycles. The number of carbonyl (C=O) groups is 4. The average molecular weight is 662 g/mol. The van der Waals surface area contributed by atoms with E-state index in [1.165, 1.54) is 63.2 Å². The average Bonchev–Trinajstić information content (AvgIpc) is 3.62. The molecule has 4 heterocycles. The lowest BCUT2D eigenvalue weighted by Gasteiger charge is -2.37. The van der Waals surface area contributed by atoms with Crippen LogP contribution in [0.1, 0.15) is 32.7 Å². The molecular weight excluding hydrogens is 629 g/mol. The number of esters is 2. The summed E-state index contributed by atoms with van der Waals surface area (Å²) in [5.74, 6) is -2.48. The van der Waals surface area contributed by atoms with Crippen molar-refractivity contribution < 1.29 is 33.0 Å². The van der Waals surface area contributed by atoms with Crippen molar-refractivity contribution in [3.05, 3.63) is 85.8 Å². The van der Waals surface area contributed by atoms with E-state index in [1.54, 1.807) is 16.7 Å². The first kappa shape index (κ1) is 32.3. The molecule has 4 aromatic rings. The highest BCUT2D eigenvalue weighted by atomic mass is 19.1. The molecule has 2 aliphatic heterocycles. The van der Waals surface area contributed by atoms with Gasteiger partial charge in [0.25, 0.3) is 11.5 Å². The summed E-state index contributed by atoms with van der Waals surface area (Å²) in [5, 5.41) is 0. The predicted octanol–water partition coefficient (Wildman–Crippen LogP) is 0.648. The second kappa shape index (κ2) is 12.5. The molecular formula is C32H32FN7O8. The van der Waals surface area contributed by atoms with Gasteiger partial charge in [-0.05, 0) is 35.9 Å². The summed E-state index contributed by atoms with van der Waals surface area (Å²) in [6.07, 6.45) is -0.115. The number of amides is 2. The van der Waals surface area contributed by atoms with Crippen molar-refractivity contribution in [3.63, 3.8) is 0 Å². The number of ether oxygens (including phenoxy) is 2. The summed E-state index contributed by atoms with van der Waals surface area (Å²) in [6, 6.07) is 8.97. The molecule has 2 aromatic heterocycles. The summed E-state index contributed by atoms with van der Waals surface area (Å²) >= 11 is 0. The molecule has 0 N–H and O–H groups in total. The van der Waals surface area contributed by atoms with Gasteiger partial charge in [-0.1, -0.05) is 12.1 Å². The first-order valence-electron chi connectivity index (χ1n) is 15.0. The van der Waals surface area contributed by atoms with Gasteiger partial charge in [-0.2, -0.15) is 4.98 Å². The Morgan fingerprint density at radius 1 is 0.875 bits per heavy atom. The van der Waals surface area contributed by atoms with Gasteiger partial charge in [0.15, 0.2) is 11.2 Å². The smallest absolute Gasteiger partial charge is 0.337 e. The second-order valence-corrected chi connectivity index (χ2v) is 11.6. The van der Waals surface area contributed by atoms with E-state index < -0.39 is 46.9 Å². The fourth-order valence-electron chi connectivity index (χ4n) is 6.22. The van der Waals surface area contributed by atoms with E-state index in [4.69, 9.17) is 14.5 Å². The van der Waals surface area contributed by atoms with E-state index in [1.807, 2.05) is 9.80 Å². The van der Waals surface area contributed by atoms with Crippen molar-refractivity contribution in [2.75, 3.05) is 50.2 Å². The number of methoxy groups -OCH3 is 2. The van der Waals surface area contributed by atoms with Crippen LogP contribution in [0, 0.1) is 5.82 Å². The molecule has 1 atom stereocenters. The number of nitrogens with zero attached hydrogens (tertiary/aromatic N) is 7. The molecule has 0 radical (unpaired) electrons. The normalized spacial score (nSPS) is 17.0. The molecule has 6 rings (SSSR count). The van der Waals surface area contributed by atoms with Crippen LogP contribution in [0.5, 0.6) is 0 Å². The van der Waals surface area contributed by atoms with Crippen molar-refractivity contribution >= 4 is 46.6 Å². The van der Waals surface area contributed by atoms with Crippen LogP contribution in [0.3, 0.4) is 0 Å². The molecule has 48 heavy (non-hydrogen) atoms. The van der Waals surface area contributed by atoms with Gasteiger partial charge in [0.1, 0.15) is 5.82 Å². The molecule has 0 saturated carbocycles. The highest BCUT2D eigenvalue weighted by Crippen LogP contribution is 2.30. The number of aryl methyl sites for hydroxylation is 1. The van der Waals surface area contributed by atoms with E-state index in [2.05, 4.69) is 0 Å². The van der Waals surface area contributed by atoms with E-state index >= 15 is 0 Å². The highest BCUT2D eigenvalue weighted by Gasteiger charge is 2.44. The molecule has 250 valence electrons. The summed E-state index contributed by atoms with van der Waals surface area (Å²) in [6.45, 7) is 1.61. The van der Waals surface area contributed by atoms with Gasteiger partial charge < -0.3 is 14.4 Å². The monoisotopic (exact) mass is 661 g/mol. The minimum atomic E-state index is -0.797. The third kappa shape index (κ3) is 5.53. The number of hydrogen-bond donors (Lipinski definition) is 0. The van der Waals surface area contributed by atoms with Crippen LogP contribution in [0.25, 0.3) is 11.2 Å². The van der Waals surface area contributed by atoms with Gasteiger partial charge in [0, 0.05) is 40.3 Å². The number of aromatic nitrogens is 4. The van der Waals surface area contributed by atoms with Gasteiger partial charge in [-0.25, -0.2) is 23.7 Å². The van der Waals surface area contributed by atoms with Gasteiger partial charge in [0.2, 0.25) is 11.9 Å². The zero-order chi connectivity index (χ0) is 34.4. The first-order chi connectivity index (χ1) is 22.9. The number of carbonyl (C=O) groups excluding carboxylic acids is 4. The quantitative estimate of drug-likeness (QED) is 0.202. The molecule has 1 unspecified atom stereocenters. The summed E-state index contributed by atoms with van der Waals surface area (Å²) in [7, 11) is 5.27. The lowest BCUT2D eigenvalue weighted by molar-refractivity contribution is -0.123. The number of halogens is 1. The summed E-state index contributed by atoms with van der Waals surface area (Å²) in [5.41, 5.74) is 0.0937. The fourth-order valence-corrected chi connectivity index (χ4v) is 6.22. The zero-order valence-electron chi connectivity index (χ0n) is 26.6. The third-order valence-corrected chi connectivity index (χ3v) is 8.76. The summed E-state index contributed by atoms with van der Waals surface area (Å²) < 4.78 is 27.2. The number of fused-ring (bicyclic) bond motifs is 1. The molecule has 2 fully saturated rings. The minimum absolute atomic E-state index is 0.0241. The van der Waals surface area contributed by atoms with Gasteiger partial charge in [0.05, 0.1) is 50.0 Å². The van der Waals surface area contributed by atoms with Crippen molar-refractivity contribution in [2.24, 2.45) is 14.1 Å². The number of benzene rings is 2. The number of piperazine rings is 1. The fraction of sp³-hybridized carbons (Fsp3) is 0.344. The maximum atomic E-state index is 13.7. The summed E-state index contributed by atoms with van der Waals surface area (Å²) in [4.78, 5) is 87.1. The van der Waals surface area contributed by atoms with Crippen LogP contribution in [0.4, 0.5) is 16.0 Å². The topological polar surface area (TPSA) is 158 Å². The molecule has 16 heteroatoms. The molecule has 0 bridgehead atoms. The van der Waals surface area contributed by atoms with Crippen LogP contribution in [0.2, 0.25) is 0 Å². The number of hydrogen-bond acceptors (Lipinski definition) is 11. The molecule has 0 aliphatic carbocycles. The van der Waals surface area contributed by atoms with E-state index in [0.717, 1.165) is 9.47 Å². The van der Waals surface area contributed by atoms with E-state index in [-0.39, 0.29) is 40.9 Å². The van der Waals surface area contributed by atoms with Crippen molar-refractivity contribution in [1.29, 1.82) is 0 Å². The third-order valence-electron chi connectivity index (χ3n) is 8.76. The Balaban J connectivity index is 1.27. The standard InChI is InChI=1S/C32H32FN7O8/c1-35-26-25(28(43)36(2)32(35)46)39(17-18-5-7-21(33)8-6-18)31(34-26)38-11-9-37(10-12-38)23-16-24(41)40(27(23)42)22-14-19(29(44)47-3)13-20(15-22)30(45)48-4/h5-8,13-15,23H,9-12,16-17H2,1-4H3. The lowest BCUT2D eigenvalue weighted by atomic mass is 10.1. The van der Waals surface area contributed by atoms with Crippen LogP contribution >= 0.6 is 0 Å². The van der Waals surface area contributed by atoms with Gasteiger partial charge >= 0.3 is 17.6 Å². The van der Waals surface area contributed by atoms with Crippen molar-refractivity contribution in [1.82, 2.24) is 23.6 Å². The number of imidazole rings is 1. The Hall–Kier alpha value is -5.64. The largest absolute Gasteiger partial charge is 0.465 e. The lowest BCUT2D eigenvalue weighted by Crippen LogP contribution is -2.53. The van der Waals surface area contributed by atoms with Crippen LogP contribution in [-0.4, -0.2) is 93.8 Å². The van der Waals surface area contributed by atoms with Gasteiger partial charge in [-0.3, -0.25) is 33.0 Å². The number of imide groups is 1. The first-order valence-corrected chi connectivity index (χ1v) is 15.0. The Morgan fingerprint density at radius 2 is 1.48 bits per heavy atom.